The molecule has 1 saturated heterocycles. The van der Waals surface area contributed by atoms with Crippen LogP contribution in [0.5, 0.6) is 0 Å². The lowest BCUT2D eigenvalue weighted by molar-refractivity contribution is -0.312. The smallest absolute Gasteiger partial charge is 0.303 e. The molecule has 1 heterocycles. The highest BCUT2D eigenvalue weighted by Crippen LogP contribution is 2.26. The van der Waals surface area contributed by atoms with Gasteiger partial charge < -0.3 is 34.6 Å². The number of aliphatic hydroxyl groups is 3. The monoisotopic (exact) mass is 532 g/mol. The van der Waals surface area contributed by atoms with Gasteiger partial charge in [-0.2, -0.15) is 0 Å². The van der Waals surface area contributed by atoms with Gasteiger partial charge in [-0.25, -0.2) is 0 Å². The molecule has 9 nitrogen and oxygen atoms in total. The number of esters is 1. The fraction of sp³-hybridized carbons (Fsp3) is 0.929. The summed E-state index contributed by atoms with van der Waals surface area (Å²) >= 11 is 0. The van der Waals surface area contributed by atoms with E-state index in [1.165, 1.54) is 64.7 Å². The Kier molecular flexibility index (Phi) is 18.9. The largest absolute Gasteiger partial charge is 0.481 e. The van der Waals surface area contributed by atoms with Crippen LogP contribution in [0.3, 0.4) is 0 Å². The lowest BCUT2D eigenvalue weighted by Gasteiger charge is -2.41. The van der Waals surface area contributed by atoms with E-state index in [4.69, 9.17) is 19.3 Å². The van der Waals surface area contributed by atoms with Gasteiger partial charge in [0.1, 0.15) is 31.0 Å². The third-order valence-corrected chi connectivity index (χ3v) is 6.99. The molecule has 1 fully saturated rings. The number of aliphatic carboxylic acids is 1. The Bertz CT molecular complexity index is 600. The third kappa shape index (κ3) is 15.7. The van der Waals surface area contributed by atoms with Gasteiger partial charge in [0.05, 0.1) is 6.10 Å². The lowest BCUT2D eigenvalue weighted by atomic mass is 9.98. The summed E-state index contributed by atoms with van der Waals surface area (Å²) in [6.07, 6.45) is 10.6. The van der Waals surface area contributed by atoms with Gasteiger partial charge in [0.2, 0.25) is 0 Å². The molecule has 0 spiro atoms. The Labute approximate surface area is 222 Å². The van der Waals surface area contributed by atoms with Gasteiger partial charge in [-0.05, 0) is 19.3 Å². The summed E-state index contributed by atoms with van der Waals surface area (Å²) in [4.78, 5) is 22.0. The van der Waals surface area contributed by atoms with Gasteiger partial charge in [-0.1, -0.05) is 90.4 Å². The van der Waals surface area contributed by atoms with Gasteiger partial charge >= 0.3 is 11.9 Å². The Balaban J connectivity index is 2.45. The number of hydrogen-bond donors (Lipinski definition) is 4. The van der Waals surface area contributed by atoms with E-state index in [-0.39, 0.29) is 19.1 Å². The van der Waals surface area contributed by atoms with Crippen LogP contribution in [0.2, 0.25) is 0 Å². The molecule has 4 N–H and O–H groups in total. The predicted octanol–water partition coefficient (Wildman–Crippen LogP) is 4.48. The highest BCUT2D eigenvalue weighted by atomic mass is 16.7. The lowest BCUT2D eigenvalue weighted by Crippen LogP contribution is -2.60. The summed E-state index contributed by atoms with van der Waals surface area (Å²) in [6.45, 7) is 3.21. The van der Waals surface area contributed by atoms with Crippen molar-refractivity contribution < 1.29 is 44.2 Å². The molecule has 9 heteroatoms. The summed E-state index contributed by atoms with van der Waals surface area (Å²) in [6, 6.07) is 0. The first-order valence-electron chi connectivity index (χ1n) is 14.5. The summed E-state index contributed by atoms with van der Waals surface area (Å²) in [5.74, 6) is -1.38. The SMILES string of the molecule is CCCCCCCCCCCCCC[C@@H](CCCCC(=O)O)O[C@@H]1O[C@H](COC(C)=O)[C@@H](O)[C@H](O)[C@H]1O. The number of carbonyl (C=O) groups is 2. The minimum atomic E-state index is -1.50. The Morgan fingerprint density at radius 1 is 0.757 bits per heavy atom. The maximum absolute atomic E-state index is 11.1. The summed E-state index contributed by atoms with van der Waals surface area (Å²) in [7, 11) is 0. The number of carbonyl (C=O) groups excluding carboxylic acids is 1. The molecule has 0 aromatic carbocycles. The molecule has 0 radical (unpaired) electrons. The van der Waals surface area contributed by atoms with Crippen LogP contribution in [0.4, 0.5) is 0 Å². The zero-order chi connectivity index (χ0) is 27.5. The van der Waals surface area contributed by atoms with Crippen molar-refractivity contribution >= 4 is 11.9 Å². The molecular formula is C28H52O9. The molecular weight excluding hydrogens is 480 g/mol. The molecule has 0 aliphatic carbocycles. The van der Waals surface area contributed by atoms with E-state index in [9.17, 15) is 24.9 Å². The molecule has 1 aliphatic heterocycles. The molecule has 0 aromatic rings. The average Bonchev–Trinajstić information content (AvgIpc) is 2.86. The van der Waals surface area contributed by atoms with Gasteiger partial charge in [0.15, 0.2) is 6.29 Å². The number of hydrogen-bond acceptors (Lipinski definition) is 8. The summed E-state index contributed by atoms with van der Waals surface area (Å²) in [5.41, 5.74) is 0. The van der Waals surface area contributed by atoms with Gasteiger partial charge in [-0.3, -0.25) is 9.59 Å². The van der Waals surface area contributed by atoms with E-state index in [2.05, 4.69) is 6.92 Å². The maximum atomic E-state index is 11.1. The highest BCUT2D eigenvalue weighted by molar-refractivity contribution is 5.66. The van der Waals surface area contributed by atoms with Crippen LogP contribution >= 0.6 is 0 Å². The van der Waals surface area contributed by atoms with Crippen molar-refractivity contribution in [3.8, 4) is 0 Å². The van der Waals surface area contributed by atoms with E-state index in [1.54, 1.807) is 0 Å². The van der Waals surface area contributed by atoms with Crippen molar-refractivity contribution in [1.82, 2.24) is 0 Å². The second kappa shape index (κ2) is 20.7. The van der Waals surface area contributed by atoms with E-state index in [0.717, 1.165) is 25.7 Å². The highest BCUT2D eigenvalue weighted by Gasteiger charge is 2.45. The molecule has 37 heavy (non-hydrogen) atoms. The number of unbranched alkanes of at least 4 members (excludes halogenated alkanes) is 12. The Hall–Kier alpha value is -1.26. The number of carboxylic acids is 1. The molecule has 0 amide bonds. The van der Waals surface area contributed by atoms with Crippen LogP contribution in [-0.2, 0) is 23.8 Å². The quantitative estimate of drug-likeness (QED) is 0.117. The normalized spacial score (nSPS) is 24.6. The second-order valence-electron chi connectivity index (χ2n) is 10.4. The Morgan fingerprint density at radius 3 is 1.78 bits per heavy atom. The summed E-state index contributed by atoms with van der Waals surface area (Å²) < 4.78 is 16.6. The second-order valence-corrected chi connectivity index (χ2v) is 10.4. The fourth-order valence-corrected chi connectivity index (χ4v) is 4.70. The predicted molar refractivity (Wildman–Crippen MR) is 140 cm³/mol. The van der Waals surface area contributed by atoms with Gasteiger partial charge in [0, 0.05) is 13.3 Å². The third-order valence-electron chi connectivity index (χ3n) is 6.99. The number of ether oxygens (including phenoxy) is 3. The van der Waals surface area contributed by atoms with Gasteiger partial charge in [-0.15, -0.1) is 0 Å². The van der Waals surface area contributed by atoms with Crippen molar-refractivity contribution in [2.75, 3.05) is 6.61 Å². The van der Waals surface area contributed by atoms with Crippen LogP contribution in [0.1, 0.15) is 123 Å². The van der Waals surface area contributed by atoms with Crippen LogP contribution in [0, 0.1) is 0 Å². The number of rotatable bonds is 22. The Morgan fingerprint density at radius 2 is 1.27 bits per heavy atom. The van der Waals surface area contributed by atoms with Crippen LogP contribution in [-0.4, -0.2) is 75.8 Å². The molecule has 0 unspecified atom stereocenters. The van der Waals surface area contributed by atoms with Crippen molar-refractivity contribution in [1.29, 1.82) is 0 Å². The van der Waals surface area contributed by atoms with Crippen molar-refractivity contribution in [2.24, 2.45) is 0 Å². The average molecular weight is 533 g/mol. The van der Waals surface area contributed by atoms with Crippen LogP contribution < -0.4 is 0 Å². The van der Waals surface area contributed by atoms with Crippen LogP contribution in [0.25, 0.3) is 0 Å². The van der Waals surface area contributed by atoms with Crippen molar-refractivity contribution in [3.05, 3.63) is 0 Å². The number of aliphatic hydroxyl groups excluding tert-OH is 3. The van der Waals surface area contributed by atoms with Crippen molar-refractivity contribution in [3.63, 3.8) is 0 Å². The topological polar surface area (TPSA) is 143 Å². The molecule has 1 aliphatic rings. The standard InChI is InChI=1S/C28H52O9/c1-3-4-5-6-7-8-9-10-11-12-13-14-17-22(18-15-16-19-24(30)31)36-28-27(34)26(33)25(32)23(37-28)20-35-21(2)29/h22-23,25-28,32-34H,3-20H2,1-2H3,(H,30,31)/t22-,23+,25+,26-,27+,28+/m0/s1. The minimum absolute atomic E-state index is 0.0866. The van der Waals surface area contributed by atoms with E-state index < -0.39 is 42.6 Å². The molecule has 0 bridgehead atoms. The zero-order valence-corrected chi connectivity index (χ0v) is 23.0. The number of carboxylic acid groups (broad SMARTS) is 1. The summed E-state index contributed by atoms with van der Waals surface area (Å²) in [5, 5.41) is 39.8. The van der Waals surface area contributed by atoms with Gasteiger partial charge in [0.25, 0.3) is 0 Å². The molecule has 6 atom stereocenters. The van der Waals surface area contributed by atoms with Crippen LogP contribution in [0.15, 0.2) is 0 Å². The fourth-order valence-electron chi connectivity index (χ4n) is 4.70. The van der Waals surface area contributed by atoms with E-state index in [1.807, 2.05) is 0 Å². The molecule has 0 aromatic heterocycles. The first-order valence-corrected chi connectivity index (χ1v) is 14.5. The molecule has 0 saturated carbocycles. The minimum Gasteiger partial charge on any atom is -0.481 e. The van der Waals surface area contributed by atoms with E-state index >= 15 is 0 Å². The first kappa shape index (κ1) is 33.8. The van der Waals surface area contributed by atoms with Crippen molar-refractivity contribution in [2.45, 2.75) is 160 Å². The zero-order valence-electron chi connectivity index (χ0n) is 23.0. The molecule has 218 valence electrons. The molecule has 1 rings (SSSR count). The van der Waals surface area contributed by atoms with E-state index in [0.29, 0.717) is 19.3 Å². The maximum Gasteiger partial charge on any atom is 0.303 e. The first-order chi connectivity index (χ1) is 17.8.